The van der Waals surface area contributed by atoms with E-state index in [0.29, 0.717) is 5.57 Å². The molecule has 0 aromatic rings. The van der Waals surface area contributed by atoms with E-state index in [2.05, 4.69) is 16.1 Å². The molecule has 0 saturated heterocycles. The number of hydrogen-bond acceptors (Lipinski definition) is 4. The molecule has 0 aromatic heterocycles. The van der Waals surface area contributed by atoms with Gasteiger partial charge in [0.2, 0.25) is 0 Å². The quantitative estimate of drug-likeness (QED) is 0.359. The van der Waals surface area contributed by atoms with Crippen molar-refractivity contribution in [2.24, 2.45) is 0 Å². The van der Waals surface area contributed by atoms with Gasteiger partial charge in [0.05, 0.1) is 13.5 Å². The van der Waals surface area contributed by atoms with Crippen LogP contribution in [-0.2, 0) is 14.3 Å². The molecule has 11 heavy (non-hydrogen) atoms. The lowest BCUT2D eigenvalue weighted by molar-refractivity contribution is -0.141. The molecular weight excluding hydrogens is 148 g/mol. The third kappa shape index (κ3) is 3.75. The minimum absolute atomic E-state index is 0.0223. The fourth-order valence-corrected chi connectivity index (χ4v) is 0.512. The summed E-state index contributed by atoms with van der Waals surface area (Å²) in [5, 5.41) is 8.94. The number of carbonyl (C=O) groups is 1. The van der Waals surface area contributed by atoms with Gasteiger partial charge in [-0.15, -0.1) is 0 Å². The summed E-state index contributed by atoms with van der Waals surface area (Å²) < 4.78 is 8.85. The predicted molar refractivity (Wildman–Crippen MR) is 38.8 cm³/mol. The van der Waals surface area contributed by atoms with Crippen molar-refractivity contribution in [2.75, 3.05) is 14.2 Å². The number of esters is 1. The molecule has 0 spiro atoms. The van der Waals surface area contributed by atoms with Crippen molar-refractivity contribution in [2.45, 2.75) is 12.7 Å². The van der Waals surface area contributed by atoms with Crippen LogP contribution in [0.5, 0.6) is 0 Å². The first kappa shape index (κ1) is 10.1. The molecule has 4 heteroatoms. The van der Waals surface area contributed by atoms with Crippen molar-refractivity contribution >= 4 is 5.97 Å². The van der Waals surface area contributed by atoms with Crippen LogP contribution in [0.25, 0.3) is 0 Å². The molecule has 0 aromatic carbocycles. The highest BCUT2D eigenvalue weighted by Gasteiger charge is 2.11. The summed E-state index contributed by atoms with van der Waals surface area (Å²) in [5.74, 6) is -0.439. The van der Waals surface area contributed by atoms with Crippen molar-refractivity contribution < 1.29 is 19.4 Å². The van der Waals surface area contributed by atoms with Gasteiger partial charge in [0, 0.05) is 7.11 Å². The maximum Gasteiger partial charge on any atom is 0.309 e. The van der Waals surface area contributed by atoms with Gasteiger partial charge in [0.15, 0.2) is 6.29 Å². The number of ether oxygens (including phenoxy) is 2. The van der Waals surface area contributed by atoms with Crippen molar-refractivity contribution in [1.29, 1.82) is 0 Å². The molecular formula is C7H12O4. The lowest BCUT2D eigenvalue weighted by Crippen LogP contribution is -2.15. The van der Waals surface area contributed by atoms with Gasteiger partial charge in [-0.25, -0.2) is 0 Å². The number of rotatable bonds is 4. The highest BCUT2D eigenvalue weighted by Crippen LogP contribution is 2.05. The molecule has 0 fully saturated rings. The molecule has 0 rings (SSSR count). The largest absolute Gasteiger partial charge is 0.469 e. The molecule has 4 nitrogen and oxygen atoms in total. The summed E-state index contributed by atoms with van der Waals surface area (Å²) in [7, 11) is 2.60. The summed E-state index contributed by atoms with van der Waals surface area (Å²) in [5.41, 5.74) is 0.291. The third-order valence-corrected chi connectivity index (χ3v) is 1.17. The van der Waals surface area contributed by atoms with Gasteiger partial charge in [-0.1, -0.05) is 6.58 Å². The van der Waals surface area contributed by atoms with Crippen molar-refractivity contribution in [3.05, 3.63) is 12.2 Å². The van der Waals surface area contributed by atoms with Gasteiger partial charge in [0.1, 0.15) is 0 Å². The Hall–Kier alpha value is -0.870. The molecule has 0 radical (unpaired) electrons. The van der Waals surface area contributed by atoms with Gasteiger partial charge in [-0.05, 0) is 5.57 Å². The number of hydrogen-bond donors (Lipinski definition) is 1. The first-order valence-corrected chi connectivity index (χ1v) is 3.07. The number of methoxy groups -OCH3 is 2. The Balaban J connectivity index is 3.77. The second kappa shape index (κ2) is 4.87. The van der Waals surface area contributed by atoms with E-state index in [9.17, 15) is 4.79 Å². The average molecular weight is 160 g/mol. The van der Waals surface area contributed by atoms with Crippen LogP contribution in [0.3, 0.4) is 0 Å². The van der Waals surface area contributed by atoms with Crippen LogP contribution in [0.4, 0.5) is 0 Å². The van der Waals surface area contributed by atoms with Crippen molar-refractivity contribution in [3.63, 3.8) is 0 Å². The summed E-state index contributed by atoms with van der Waals surface area (Å²) in [6.45, 7) is 3.44. The maximum absolute atomic E-state index is 10.6. The van der Waals surface area contributed by atoms with E-state index in [4.69, 9.17) is 5.11 Å². The van der Waals surface area contributed by atoms with Crippen LogP contribution in [0.1, 0.15) is 6.42 Å². The summed E-state index contributed by atoms with van der Waals surface area (Å²) in [4.78, 5) is 10.6. The summed E-state index contributed by atoms with van der Waals surface area (Å²) in [6, 6.07) is 0. The minimum atomic E-state index is -1.09. The fraction of sp³-hybridized carbons (Fsp3) is 0.571. The van der Waals surface area contributed by atoms with E-state index in [0.717, 1.165) is 0 Å². The topological polar surface area (TPSA) is 55.8 Å². The molecule has 0 amide bonds. The zero-order valence-corrected chi connectivity index (χ0v) is 6.66. The molecule has 0 aliphatic heterocycles. The van der Waals surface area contributed by atoms with E-state index >= 15 is 0 Å². The molecule has 64 valence electrons. The van der Waals surface area contributed by atoms with Gasteiger partial charge in [-0.2, -0.15) is 0 Å². The second-order valence-electron chi connectivity index (χ2n) is 2.00. The minimum Gasteiger partial charge on any atom is -0.469 e. The first-order valence-electron chi connectivity index (χ1n) is 3.07. The highest BCUT2D eigenvalue weighted by atomic mass is 16.6. The van der Waals surface area contributed by atoms with Gasteiger partial charge in [0.25, 0.3) is 0 Å². The molecule has 0 saturated carbocycles. The van der Waals surface area contributed by atoms with Crippen molar-refractivity contribution in [3.8, 4) is 0 Å². The molecule has 0 heterocycles. The number of carbonyl (C=O) groups excluding carboxylic acids is 1. The van der Waals surface area contributed by atoms with E-state index in [1.165, 1.54) is 14.2 Å². The molecule has 0 aliphatic carbocycles. The Morgan fingerprint density at radius 3 is 2.55 bits per heavy atom. The van der Waals surface area contributed by atoms with Crippen LogP contribution in [-0.4, -0.2) is 31.6 Å². The Morgan fingerprint density at radius 1 is 1.64 bits per heavy atom. The van der Waals surface area contributed by atoms with Gasteiger partial charge < -0.3 is 14.6 Å². The van der Waals surface area contributed by atoms with Crippen LogP contribution >= 0.6 is 0 Å². The molecule has 0 bridgehead atoms. The Morgan fingerprint density at radius 2 is 2.18 bits per heavy atom. The monoisotopic (exact) mass is 160 g/mol. The van der Waals surface area contributed by atoms with E-state index in [-0.39, 0.29) is 6.42 Å². The lowest BCUT2D eigenvalue weighted by atomic mass is 10.2. The summed E-state index contributed by atoms with van der Waals surface area (Å²) in [6.07, 6.45) is -1.11. The van der Waals surface area contributed by atoms with Gasteiger partial charge in [-0.3, -0.25) is 4.79 Å². The molecule has 1 N–H and O–H groups in total. The first-order chi connectivity index (χ1) is 5.11. The van der Waals surface area contributed by atoms with E-state index in [1.54, 1.807) is 0 Å². The number of aliphatic hydroxyl groups is 1. The molecule has 0 aliphatic rings. The second-order valence-corrected chi connectivity index (χ2v) is 2.00. The Kier molecular flexibility index (Phi) is 4.49. The SMILES string of the molecule is C=C(CC(=O)OC)C(O)OC. The number of aliphatic hydroxyl groups excluding tert-OH is 1. The third-order valence-electron chi connectivity index (χ3n) is 1.17. The molecule has 1 atom stereocenters. The van der Waals surface area contributed by atoms with Crippen molar-refractivity contribution in [1.82, 2.24) is 0 Å². The lowest BCUT2D eigenvalue weighted by Gasteiger charge is -2.09. The highest BCUT2D eigenvalue weighted by molar-refractivity contribution is 5.72. The zero-order valence-electron chi connectivity index (χ0n) is 6.66. The smallest absolute Gasteiger partial charge is 0.309 e. The van der Waals surface area contributed by atoms with Crippen LogP contribution in [0.2, 0.25) is 0 Å². The molecule has 1 unspecified atom stereocenters. The Bertz CT molecular complexity index is 153. The predicted octanol–water partition coefficient (Wildman–Crippen LogP) is 0.0705. The standard InChI is InChI=1S/C7H12O4/c1-5(7(9)11-3)4-6(8)10-2/h7,9H,1,4H2,2-3H3. The van der Waals surface area contributed by atoms with Gasteiger partial charge >= 0.3 is 5.97 Å². The zero-order chi connectivity index (χ0) is 8.85. The Labute approximate surface area is 65.4 Å². The summed E-state index contributed by atoms with van der Waals surface area (Å²) >= 11 is 0. The van der Waals surface area contributed by atoms with E-state index < -0.39 is 12.3 Å². The fourth-order valence-electron chi connectivity index (χ4n) is 0.512. The maximum atomic E-state index is 10.6. The van der Waals surface area contributed by atoms with E-state index in [1.807, 2.05) is 0 Å². The normalized spacial score (nSPS) is 12.3. The van der Waals surface area contributed by atoms with Crippen LogP contribution in [0, 0.1) is 0 Å². The average Bonchev–Trinajstić information content (AvgIpc) is 2.02. The van der Waals surface area contributed by atoms with Crippen LogP contribution < -0.4 is 0 Å². The van der Waals surface area contributed by atoms with Crippen LogP contribution in [0.15, 0.2) is 12.2 Å².